The van der Waals surface area contributed by atoms with Crippen LogP contribution in [0.25, 0.3) is 0 Å². The SMILES string of the molecule is O=C(CSc1nc(=O)n(CCCN2CCOCC2)c2c1CCCC2)NCC1CCCO1. The Kier molecular flexibility index (Phi) is 8.40. The fraction of sp³-hybridized carbons (Fsp3) is 0.773. The molecule has 1 atom stereocenters. The molecule has 0 spiro atoms. The summed E-state index contributed by atoms with van der Waals surface area (Å²) >= 11 is 1.40. The maximum Gasteiger partial charge on any atom is 0.348 e. The van der Waals surface area contributed by atoms with Gasteiger partial charge in [-0.3, -0.25) is 14.3 Å². The molecule has 1 aliphatic carbocycles. The Morgan fingerprint density at radius 1 is 1.13 bits per heavy atom. The van der Waals surface area contributed by atoms with Gasteiger partial charge in [-0.1, -0.05) is 11.8 Å². The highest BCUT2D eigenvalue weighted by molar-refractivity contribution is 7.99. The van der Waals surface area contributed by atoms with Crippen LogP contribution in [0.5, 0.6) is 0 Å². The van der Waals surface area contributed by atoms with Gasteiger partial charge >= 0.3 is 5.69 Å². The summed E-state index contributed by atoms with van der Waals surface area (Å²) in [5, 5.41) is 3.70. The summed E-state index contributed by atoms with van der Waals surface area (Å²) in [5.41, 5.74) is 2.13. The van der Waals surface area contributed by atoms with Crippen molar-refractivity contribution in [2.75, 3.05) is 51.8 Å². The summed E-state index contributed by atoms with van der Waals surface area (Å²) in [6.07, 6.45) is 7.22. The van der Waals surface area contributed by atoms with Crippen molar-refractivity contribution in [3.8, 4) is 0 Å². The van der Waals surface area contributed by atoms with E-state index in [4.69, 9.17) is 9.47 Å². The van der Waals surface area contributed by atoms with Gasteiger partial charge in [0.05, 0.1) is 25.1 Å². The Morgan fingerprint density at radius 3 is 2.77 bits per heavy atom. The van der Waals surface area contributed by atoms with E-state index in [1.807, 2.05) is 4.57 Å². The quantitative estimate of drug-likeness (QED) is 0.447. The summed E-state index contributed by atoms with van der Waals surface area (Å²) in [5.74, 6) is 0.258. The molecule has 31 heavy (non-hydrogen) atoms. The number of ether oxygens (including phenoxy) is 2. The highest BCUT2D eigenvalue weighted by atomic mass is 32.2. The molecule has 1 aromatic heterocycles. The van der Waals surface area contributed by atoms with Gasteiger partial charge in [-0.15, -0.1) is 0 Å². The molecular weight excluding hydrogens is 416 g/mol. The molecule has 2 fully saturated rings. The van der Waals surface area contributed by atoms with Crippen LogP contribution in [0.2, 0.25) is 0 Å². The molecule has 3 heterocycles. The predicted molar refractivity (Wildman–Crippen MR) is 120 cm³/mol. The average Bonchev–Trinajstić information content (AvgIpc) is 3.32. The number of hydrogen-bond donors (Lipinski definition) is 1. The summed E-state index contributed by atoms with van der Waals surface area (Å²) in [4.78, 5) is 31.9. The molecule has 1 N–H and O–H groups in total. The largest absolute Gasteiger partial charge is 0.379 e. The topological polar surface area (TPSA) is 85.7 Å². The summed E-state index contributed by atoms with van der Waals surface area (Å²) < 4.78 is 12.8. The van der Waals surface area contributed by atoms with Crippen LogP contribution in [0.15, 0.2) is 9.82 Å². The Balaban J connectivity index is 1.35. The number of rotatable bonds is 9. The number of fused-ring (bicyclic) bond motifs is 1. The van der Waals surface area contributed by atoms with E-state index >= 15 is 0 Å². The van der Waals surface area contributed by atoms with Crippen LogP contribution in [0.1, 0.15) is 43.4 Å². The molecule has 3 aliphatic rings. The number of hydrogen-bond acceptors (Lipinski definition) is 7. The van der Waals surface area contributed by atoms with Gasteiger partial charge in [0, 0.05) is 50.6 Å². The Bertz CT molecular complexity index is 803. The van der Waals surface area contributed by atoms with Crippen molar-refractivity contribution in [3.63, 3.8) is 0 Å². The fourth-order valence-electron chi connectivity index (χ4n) is 4.59. The molecular formula is C22H34N4O4S. The van der Waals surface area contributed by atoms with Gasteiger partial charge in [0.15, 0.2) is 0 Å². The molecule has 2 aliphatic heterocycles. The molecule has 1 aromatic rings. The Morgan fingerprint density at radius 2 is 1.97 bits per heavy atom. The van der Waals surface area contributed by atoms with Crippen molar-refractivity contribution >= 4 is 17.7 Å². The first-order valence-electron chi connectivity index (χ1n) is 11.6. The minimum atomic E-state index is -0.176. The van der Waals surface area contributed by atoms with Crippen LogP contribution in [-0.4, -0.2) is 78.2 Å². The monoisotopic (exact) mass is 450 g/mol. The zero-order valence-corrected chi connectivity index (χ0v) is 19.1. The first-order valence-corrected chi connectivity index (χ1v) is 12.6. The first kappa shape index (κ1) is 22.8. The van der Waals surface area contributed by atoms with Crippen LogP contribution in [-0.2, 0) is 33.7 Å². The molecule has 172 valence electrons. The van der Waals surface area contributed by atoms with Gasteiger partial charge in [-0.2, -0.15) is 4.98 Å². The highest BCUT2D eigenvalue weighted by Crippen LogP contribution is 2.28. The highest BCUT2D eigenvalue weighted by Gasteiger charge is 2.22. The van der Waals surface area contributed by atoms with Crippen molar-refractivity contribution in [3.05, 3.63) is 21.7 Å². The molecule has 1 amide bonds. The van der Waals surface area contributed by atoms with Gasteiger partial charge in [-0.05, 0) is 44.9 Å². The third kappa shape index (κ3) is 6.31. The van der Waals surface area contributed by atoms with Gasteiger partial charge < -0.3 is 14.8 Å². The number of carbonyl (C=O) groups excluding carboxylic acids is 1. The second-order valence-electron chi connectivity index (χ2n) is 8.52. The van der Waals surface area contributed by atoms with Gasteiger partial charge in [0.1, 0.15) is 5.03 Å². The molecule has 8 nitrogen and oxygen atoms in total. The fourth-order valence-corrected chi connectivity index (χ4v) is 5.50. The molecule has 4 rings (SSSR count). The molecule has 1 unspecified atom stereocenters. The summed E-state index contributed by atoms with van der Waals surface area (Å²) in [6.45, 7) is 6.56. The van der Waals surface area contributed by atoms with E-state index in [2.05, 4.69) is 15.2 Å². The van der Waals surface area contributed by atoms with E-state index < -0.39 is 0 Å². The zero-order chi connectivity index (χ0) is 21.5. The first-order chi connectivity index (χ1) is 15.2. The van der Waals surface area contributed by atoms with Crippen molar-refractivity contribution in [2.45, 2.75) is 62.6 Å². The van der Waals surface area contributed by atoms with Crippen molar-refractivity contribution < 1.29 is 14.3 Å². The Hall–Kier alpha value is -1.42. The lowest BCUT2D eigenvalue weighted by Gasteiger charge is -2.27. The number of nitrogens with one attached hydrogen (secondary N) is 1. The maximum absolute atomic E-state index is 12.8. The zero-order valence-electron chi connectivity index (χ0n) is 18.3. The van der Waals surface area contributed by atoms with Crippen molar-refractivity contribution in [2.24, 2.45) is 0 Å². The maximum atomic E-state index is 12.8. The second-order valence-corrected chi connectivity index (χ2v) is 9.48. The van der Waals surface area contributed by atoms with Crippen LogP contribution in [0.4, 0.5) is 0 Å². The predicted octanol–water partition coefficient (Wildman–Crippen LogP) is 1.23. The number of morpholine rings is 1. The van der Waals surface area contributed by atoms with Gasteiger partial charge in [0.25, 0.3) is 0 Å². The van der Waals surface area contributed by atoms with Crippen molar-refractivity contribution in [1.82, 2.24) is 19.8 Å². The summed E-state index contributed by atoms with van der Waals surface area (Å²) in [6, 6.07) is 0. The molecule has 2 saturated heterocycles. The normalized spacial score (nSPS) is 21.7. The molecule has 9 heteroatoms. The molecule has 0 bridgehead atoms. The van der Waals surface area contributed by atoms with Crippen LogP contribution >= 0.6 is 11.8 Å². The average molecular weight is 451 g/mol. The molecule has 0 radical (unpaired) electrons. The van der Waals surface area contributed by atoms with Gasteiger partial charge in [0.2, 0.25) is 5.91 Å². The lowest BCUT2D eigenvalue weighted by molar-refractivity contribution is -0.119. The van der Waals surface area contributed by atoms with Crippen LogP contribution in [0, 0.1) is 0 Å². The van der Waals surface area contributed by atoms with Crippen LogP contribution < -0.4 is 11.0 Å². The number of thioether (sulfide) groups is 1. The standard InChI is InChI=1S/C22H34N4O4S/c27-20(23-15-17-5-3-12-30-17)16-31-21-18-6-1-2-7-19(18)26(22(28)24-21)9-4-8-25-10-13-29-14-11-25/h17H,1-16H2,(H,23,27). The van der Waals surface area contributed by atoms with Crippen molar-refractivity contribution in [1.29, 1.82) is 0 Å². The van der Waals surface area contributed by atoms with Crippen LogP contribution in [0.3, 0.4) is 0 Å². The summed E-state index contributed by atoms with van der Waals surface area (Å²) in [7, 11) is 0. The Labute approximate surface area is 188 Å². The lowest BCUT2D eigenvalue weighted by atomic mass is 9.97. The second kappa shape index (κ2) is 11.4. The number of carbonyl (C=O) groups is 1. The third-order valence-corrected chi connectivity index (χ3v) is 7.32. The molecule has 0 saturated carbocycles. The smallest absolute Gasteiger partial charge is 0.348 e. The number of aromatic nitrogens is 2. The van der Waals surface area contributed by atoms with E-state index in [0.717, 1.165) is 95.1 Å². The minimum absolute atomic E-state index is 0.0263. The number of nitrogens with zero attached hydrogens (tertiary/aromatic N) is 3. The third-order valence-electron chi connectivity index (χ3n) is 6.30. The van der Waals surface area contributed by atoms with E-state index in [1.54, 1.807) is 0 Å². The minimum Gasteiger partial charge on any atom is -0.379 e. The van der Waals surface area contributed by atoms with E-state index in [1.165, 1.54) is 17.3 Å². The molecule has 0 aromatic carbocycles. The van der Waals surface area contributed by atoms with E-state index in [-0.39, 0.29) is 23.5 Å². The number of amides is 1. The van der Waals surface area contributed by atoms with E-state index in [9.17, 15) is 9.59 Å². The van der Waals surface area contributed by atoms with Gasteiger partial charge in [-0.25, -0.2) is 4.79 Å². The van der Waals surface area contributed by atoms with E-state index in [0.29, 0.717) is 13.1 Å². The lowest BCUT2D eigenvalue weighted by Crippen LogP contribution is -2.38.